The van der Waals surface area contributed by atoms with Crippen LogP contribution >= 0.6 is 0 Å². The number of sulfonamides is 1. The van der Waals surface area contributed by atoms with Gasteiger partial charge in [-0.15, -0.1) is 0 Å². The predicted molar refractivity (Wildman–Crippen MR) is 56.5 cm³/mol. The zero-order valence-corrected chi connectivity index (χ0v) is 9.93. The van der Waals surface area contributed by atoms with E-state index < -0.39 is 15.4 Å². The van der Waals surface area contributed by atoms with Crippen molar-refractivity contribution in [1.82, 2.24) is 0 Å². The highest BCUT2D eigenvalue weighted by molar-refractivity contribution is 7.89. The molecule has 0 aromatic rings. The van der Waals surface area contributed by atoms with E-state index in [0.29, 0.717) is 18.8 Å². The Hall–Kier alpha value is -0.420. The molecule has 0 aliphatic heterocycles. The Morgan fingerprint density at radius 1 is 1.47 bits per heavy atom. The Bertz CT molecular complexity index is 412. The third-order valence-corrected chi connectivity index (χ3v) is 5.13. The molecular formula is C10H17NO3S. The Morgan fingerprint density at radius 3 is 2.47 bits per heavy atom. The van der Waals surface area contributed by atoms with Gasteiger partial charge in [0.1, 0.15) is 5.78 Å². The van der Waals surface area contributed by atoms with E-state index in [4.69, 9.17) is 5.14 Å². The van der Waals surface area contributed by atoms with Crippen LogP contribution < -0.4 is 5.14 Å². The fourth-order valence-corrected chi connectivity index (χ4v) is 4.56. The number of Topliss-reactive ketones (excluding diaryl/α,β-unsaturated/α-hetero) is 1. The molecule has 4 nitrogen and oxygen atoms in total. The number of nitrogens with two attached hydrogens (primary N) is 1. The highest BCUT2D eigenvalue weighted by Crippen LogP contribution is 2.60. The molecule has 2 saturated carbocycles. The van der Waals surface area contributed by atoms with Crippen LogP contribution in [0.1, 0.15) is 33.1 Å². The lowest BCUT2D eigenvalue weighted by atomic mass is 9.71. The molecule has 0 amide bonds. The van der Waals surface area contributed by atoms with Crippen molar-refractivity contribution in [1.29, 1.82) is 0 Å². The lowest BCUT2D eigenvalue weighted by Crippen LogP contribution is -2.42. The molecule has 2 bridgehead atoms. The summed E-state index contributed by atoms with van der Waals surface area (Å²) >= 11 is 0. The van der Waals surface area contributed by atoms with Gasteiger partial charge in [0.15, 0.2) is 0 Å². The van der Waals surface area contributed by atoms with Crippen LogP contribution in [-0.4, -0.2) is 20.0 Å². The summed E-state index contributed by atoms with van der Waals surface area (Å²) in [6.45, 7) is 3.84. The molecule has 2 fully saturated rings. The predicted octanol–water partition coefficient (Wildman–Crippen LogP) is 0.670. The van der Waals surface area contributed by atoms with E-state index in [1.165, 1.54) is 0 Å². The first kappa shape index (κ1) is 11.1. The molecule has 0 aromatic heterocycles. The highest BCUT2D eigenvalue weighted by Gasteiger charge is 2.62. The summed E-state index contributed by atoms with van der Waals surface area (Å²) in [4.78, 5) is 12.2. The standard InChI is InChI=1S/C10H17NO3S/c1-9(2)7-3-4-10(5-7,8(9)12)6-15(11,13)14/h7H,3-6H2,1-2H3,(H2,11,13,14). The van der Waals surface area contributed by atoms with Gasteiger partial charge < -0.3 is 0 Å². The summed E-state index contributed by atoms with van der Waals surface area (Å²) in [5, 5.41) is 5.07. The van der Waals surface area contributed by atoms with Crippen molar-refractivity contribution in [3.8, 4) is 0 Å². The Kier molecular flexibility index (Phi) is 2.09. The van der Waals surface area contributed by atoms with E-state index in [2.05, 4.69) is 0 Å². The number of hydrogen-bond acceptors (Lipinski definition) is 3. The first-order valence-corrected chi connectivity index (χ1v) is 6.94. The molecule has 2 unspecified atom stereocenters. The fraction of sp³-hybridized carbons (Fsp3) is 0.900. The van der Waals surface area contributed by atoms with Gasteiger partial charge in [-0.1, -0.05) is 13.8 Å². The first-order valence-electron chi connectivity index (χ1n) is 5.23. The second kappa shape index (κ2) is 2.83. The monoisotopic (exact) mass is 231 g/mol. The molecule has 2 aliphatic rings. The van der Waals surface area contributed by atoms with Crippen molar-refractivity contribution in [2.45, 2.75) is 33.1 Å². The second-order valence-corrected chi connectivity index (χ2v) is 7.19. The zero-order chi connectivity index (χ0) is 11.5. The van der Waals surface area contributed by atoms with E-state index in [0.717, 1.165) is 6.42 Å². The molecular weight excluding hydrogens is 214 g/mol. The summed E-state index contributed by atoms with van der Waals surface area (Å²) < 4.78 is 22.3. The minimum absolute atomic E-state index is 0.0975. The number of primary sulfonamides is 1. The van der Waals surface area contributed by atoms with Crippen LogP contribution in [0.25, 0.3) is 0 Å². The largest absolute Gasteiger partial charge is 0.298 e. The average Bonchev–Trinajstić information content (AvgIpc) is 2.50. The molecule has 0 radical (unpaired) electrons. The molecule has 0 aromatic carbocycles. The van der Waals surface area contributed by atoms with Gasteiger partial charge in [0.25, 0.3) is 0 Å². The van der Waals surface area contributed by atoms with Gasteiger partial charge in [-0.2, -0.15) is 0 Å². The molecule has 2 atom stereocenters. The number of carbonyl (C=O) groups is 1. The number of carbonyl (C=O) groups excluding carboxylic acids is 1. The molecule has 15 heavy (non-hydrogen) atoms. The van der Waals surface area contributed by atoms with E-state index in [1.807, 2.05) is 13.8 Å². The summed E-state index contributed by atoms with van der Waals surface area (Å²) in [6.07, 6.45) is 2.35. The number of ketones is 1. The van der Waals surface area contributed by atoms with E-state index >= 15 is 0 Å². The van der Waals surface area contributed by atoms with E-state index in [1.54, 1.807) is 0 Å². The maximum atomic E-state index is 12.2. The Morgan fingerprint density at radius 2 is 2.07 bits per heavy atom. The molecule has 0 saturated heterocycles. The summed E-state index contributed by atoms with van der Waals surface area (Å²) in [6, 6.07) is 0. The molecule has 86 valence electrons. The average molecular weight is 231 g/mol. The van der Waals surface area contributed by atoms with Gasteiger partial charge in [-0.25, -0.2) is 13.6 Å². The number of fused-ring (bicyclic) bond motifs is 2. The van der Waals surface area contributed by atoms with Gasteiger partial charge in [0, 0.05) is 10.8 Å². The second-order valence-electron chi connectivity index (χ2n) is 5.58. The van der Waals surface area contributed by atoms with Crippen LogP contribution in [0.15, 0.2) is 0 Å². The van der Waals surface area contributed by atoms with E-state index in [-0.39, 0.29) is 17.0 Å². The normalized spacial score (nSPS) is 38.6. The van der Waals surface area contributed by atoms with Crippen molar-refractivity contribution in [3.63, 3.8) is 0 Å². The lowest BCUT2D eigenvalue weighted by molar-refractivity contribution is -0.134. The maximum Gasteiger partial charge on any atom is 0.210 e. The molecule has 0 spiro atoms. The zero-order valence-electron chi connectivity index (χ0n) is 9.12. The summed E-state index contributed by atoms with van der Waals surface area (Å²) in [5.41, 5.74) is -1.02. The highest BCUT2D eigenvalue weighted by atomic mass is 32.2. The smallest absolute Gasteiger partial charge is 0.210 e. The Labute approximate surface area is 90.3 Å². The van der Waals surface area contributed by atoms with Crippen LogP contribution in [-0.2, 0) is 14.8 Å². The minimum atomic E-state index is -3.56. The number of rotatable bonds is 2. The molecule has 2 rings (SSSR count). The number of hydrogen-bond donors (Lipinski definition) is 1. The van der Waals surface area contributed by atoms with Gasteiger partial charge in [0.2, 0.25) is 10.0 Å². The molecule has 2 aliphatic carbocycles. The molecule has 2 N–H and O–H groups in total. The molecule has 0 heterocycles. The third kappa shape index (κ3) is 1.52. The maximum absolute atomic E-state index is 12.2. The topological polar surface area (TPSA) is 77.2 Å². The van der Waals surface area contributed by atoms with Crippen molar-refractivity contribution < 1.29 is 13.2 Å². The van der Waals surface area contributed by atoms with Gasteiger partial charge >= 0.3 is 0 Å². The van der Waals surface area contributed by atoms with Gasteiger partial charge in [-0.3, -0.25) is 4.79 Å². The SMILES string of the molecule is CC1(C)C(=O)C2(CS(N)(=O)=O)CCC1C2. The van der Waals surface area contributed by atoms with Crippen molar-refractivity contribution in [2.75, 3.05) is 5.75 Å². The summed E-state index contributed by atoms with van der Waals surface area (Å²) in [5.74, 6) is 0.269. The van der Waals surface area contributed by atoms with Crippen LogP contribution in [0.3, 0.4) is 0 Å². The third-order valence-electron chi connectivity index (χ3n) is 4.17. The lowest BCUT2D eigenvalue weighted by Gasteiger charge is -2.32. The quantitative estimate of drug-likeness (QED) is 0.758. The van der Waals surface area contributed by atoms with Crippen LogP contribution in [0.4, 0.5) is 0 Å². The van der Waals surface area contributed by atoms with Crippen LogP contribution in [0.5, 0.6) is 0 Å². The minimum Gasteiger partial charge on any atom is -0.298 e. The summed E-state index contributed by atoms with van der Waals surface area (Å²) in [7, 11) is -3.56. The van der Waals surface area contributed by atoms with Crippen LogP contribution in [0, 0.1) is 16.7 Å². The Balaban J connectivity index is 2.36. The van der Waals surface area contributed by atoms with Crippen LogP contribution in [0.2, 0.25) is 0 Å². The van der Waals surface area contributed by atoms with Gasteiger partial charge in [0.05, 0.1) is 5.75 Å². The fourth-order valence-electron chi connectivity index (χ4n) is 3.40. The van der Waals surface area contributed by atoms with E-state index in [9.17, 15) is 13.2 Å². The van der Waals surface area contributed by atoms with Crippen molar-refractivity contribution >= 4 is 15.8 Å². The van der Waals surface area contributed by atoms with Crippen molar-refractivity contribution in [3.05, 3.63) is 0 Å². The van der Waals surface area contributed by atoms with Gasteiger partial charge in [-0.05, 0) is 25.2 Å². The first-order chi connectivity index (χ1) is 6.67. The van der Waals surface area contributed by atoms with Crippen molar-refractivity contribution in [2.24, 2.45) is 21.9 Å². The molecule has 5 heteroatoms.